The number of nitrogens with one attached hydrogen (secondary N) is 3. The minimum Gasteiger partial charge on any atom is -0.508 e. The molecule has 7 rings (SSSR count). The van der Waals surface area contributed by atoms with Crippen molar-refractivity contribution in [2.24, 2.45) is 11.3 Å². The van der Waals surface area contributed by atoms with Crippen LogP contribution < -0.4 is 16.1 Å². The van der Waals surface area contributed by atoms with Crippen molar-refractivity contribution in [3.63, 3.8) is 0 Å². The molecule has 4 atom stereocenters. The number of esters is 1. The maximum Gasteiger partial charge on any atom is 0.324 e. The Balaban J connectivity index is 1.29. The standard InChI is InChI=1S/C49H64N8O7/c1-10-31-16-17-50-25-37(31)43-36-24-48(5,6)28-64-46(62)38-13-12-18-57(53-38)45(61)39(21-30-19-33(22-34(58)20-30)32-14-15-40(35(36)23-32)56(43)11-2)52-44(60)42(29(3)4)55(9)41(59)26-54(8)47(63)49(7)27-51-49/h14-17,19-20,22-23,25,29,38-39,42,51,53,58H,10-13,18,21,24,26-28H2,1-9H3,(H,52,60)/t38-,39-,42-,49-/m0/s1. The van der Waals surface area contributed by atoms with E-state index in [9.17, 15) is 29.1 Å². The molecule has 2 aromatic carbocycles. The number of hydrazine groups is 1. The summed E-state index contributed by atoms with van der Waals surface area (Å²) in [5.41, 5.74) is 9.52. The highest BCUT2D eigenvalue weighted by Crippen LogP contribution is 2.41. The number of phenolic OH excluding ortho intramolecular Hbond substituents is 1. The Bertz CT molecular complexity index is 2460. The first-order valence-electron chi connectivity index (χ1n) is 22.6. The molecule has 5 heterocycles. The number of hydrogen-bond donors (Lipinski definition) is 4. The van der Waals surface area contributed by atoms with Gasteiger partial charge in [-0.25, -0.2) is 5.43 Å². The van der Waals surface area contributed by atoms with Gasteiger partial charge in [0.05, 0.1) is 18.8 Å². The highest BCUT2D eigenvalue weighted by atomic mass is 16.5. The van der Waals surface area contributed by atoms with Crippen molar-refractivity contribution in [1.29, 1.82) is 0 Å². The molecule has 0 unspecified atom stereocenters. The van der Waals surface area contributed by atoms with Crippen LogP contribution in [0.2, 0.25) is 0 Å². The van der Waals surface area contributed by atoms with E-state index in [4.69, 9.17) is 4.74 Å². The normalized spacial score (nSPS) is 21.5. The monoisotopic (exact) mass is 876 g/mol. The average Bonchev–Trinajstić information content (AvgIpc) is 3.95. The van der Waals surface area contributed by atoms with Gasteiger partial charge in [0.25, 0.3) is 5.91 Å². The third-order valence-electron chi connectivity index (χ3n) is 13.0. The van der Waals surface area contributed by atoms with Gasteiger partial charge >= 0.3 is 5.97 Å². The van der Waals surface area contributed by atoms with Gasteiger partial charge in [-0.15, -0.1) is 0 Å². The molecule has 0 radical (unpaired) electrons. The predicted octanol–water partition coefficient (Wildman–Crippen LogP) is 4.61. The fraction of sp³-hybridized carbons (Fsp3) is 0.510. The summed E-state index contributed by atoms with van der Waals surface area (Å²) in [5, 5.41) is 19.7. The Labute approximate surface area is 375 Å². The number of aromatic nitrogens is 2. The molecule has 3 aliphatic heterocycles. The molecule has 64 heavy (non-hydrogen) atoms. The van der Waals surface area contributed by atoms with E-state index in [0.717, 1.165) is 45.3 Å². The number of cyclic esters (lactones) is 1. The van der Waals surface area contributed by atoms with Gasteiger partial charge in [0.2, 0.25) is 17.7 Å². The van der Waals surface area contributed by atoms with Crippen LogP contribution in [0.25, 0.3) is 33.3 Å². The Hall–Kier alpha value is -5.80. The summed E-state index contributed by atoms with van der Waals surface area (Å²) in [6.07, 6.45) is 6.10. The van der Waals surface area contributed by atoms with Crippen LogP contribution in [0.3, 0.4) is 0 Å². The number of fused-ring (bicyclic) bond motifs is 6. The van der Waals surface area contributed by atoms with Crippen LogP contribution in [-0.2, 0) is 54.5 Å². The van der Waals surface area contributed by atoms with Crippen LogP contribution in [0, 0.1) is 11.3 Å². The lowest BCUT2D eigenvalue weighted by Crippen LogP contribution is -2.62. The first-order chi connectivity index (χ1) is 30.3. The van der Waals surface area contributed by atoms with Crippen LogP contribution in [-0.4, -0.2) is 123 Å². The maximum atomic E-state index is 14.7. The number of pyridine rings is 1. The van der Waals surface area contributed by atoms with Gasteiger partial charge < -0.3 is 34.8 Å². The van der Waals surface area contributed by atoms with Gasteiger partial charge in [-0.1, -0.05) is 46.8 Å². The van der Waals surface area contributed by atoms with Crippen molar-refractivity contribution in [1.82, 2.24) is 40.4 Å². The van der Waals surface area contributed by atoms with Gasteiger partial charge in [0.1, 0.15) is 29.4 Å². The number of phenols is 1. The molecule has 15 heteroatoms. The second kappa shape index (κ2) is 18.4. The molecular formula is C49H64N8O7. The van der Waals surface area contributed by atoms with Gasteiger partial charge in [0.15, 0.2) is 0 Å². The minimum atomic E-state index is -1.17. The van der Waals surface area contributed by atoms with E-state index in [-0.39, 0.29) is 43.7 Å². The van der Waals surface area contributed by atoms with Crippen molar-refractivity contribution in [2.45, 2.75) is 111 Å². The lowest BCUT2D eigenvalue weighted by Gasteiger charge is -2.37. The first-order valence-corrected chi connectivity index (χ1v) is 22.6. The van der Waals surface area contributed by atoms with Crippen molar-refractivity contribution in [2.75, 3.05) is 40.3 Å². The van der Waals surface area contributed by atoms with Crippen LogP contribution >= 0.6 is 0 Å². The number of rotatable bonds is 10. The van der Waals surface area contributed by atoms with Crippen molar-refractivity contribution >= 4 is 40.5 Å². The summed E-state index contributed by atoms with van der Waals surface area (Å²) in [5.74, 6) is -2.53. The quantitative estimate of drug-likeness (QED) is 0.130. The van der Waals surface area contributed by atoms with E-state index in [1.807, 2.05) is 38.4 Å². The van der Waals surface area contributed by atoms with Crippen LogP contribution in [0.5, 0.6) is 5.75 Å². The van der Waals surface area contributed by atoms with E-state index in [2.05, 4.69) is 71.5 Å². The molecule has 0 saturated carbocycles. The highest BCUT2D eigenvalue weighted by Gasteiger charge is 2.47. The third kappa shape index (κ3) is 9.51. The maximum absolute atomic E-state index is 14.7. The molecule has 2 saturated heterocycles. The number of carbonyl (C=O) groups is 5. The molecule has 0 aliphatic carbocycles. The van der Waals surface area contributed by atoms with Gasteiger partial charge in [-0.2, -0.15) is 0 Å². The van der Waals surface area contributed by atoms with E-state index in [1.165, 1.54) is 27.4 Å². The lowest BCUT2D eigenvalue weighted by atomic mass is 9.84. The Kier molecular flexibility index (Phi) is 13.3. The summed E-state index contributed by atoms with van der Waals surface area (Å²) >= 11 is 0. The van der Waals surface area contributed by atoms with Crippen LogP contribution in [0.1, 0.15) is 78.0 Å². The van der Waals surface area contributed by atoms with E-state index in [0.29, 0.717) is 37.9 Å². The number of aromatic hydroxyl groups is 1. The van der Waals surface area contributed by atoms with Gasteiger partial charge in [-0.05, 0) is 104 Å². The molecule has 342 valence electrons. The molecule has 2 fully saturated rings. The smallest absolute Gasteiger partial charge is 0.324 e. The largest absolute Gasteiger partial charge is 0.508 e. The second-order valence-electron chi connectivity index (χ2n) is 19.1. The molecule has 0 spiro atoms. The summed E-state index contributed by atoms with van der Waals surface area (Å²) in [6, 6.07) is 10.6. The molecule has 6 bridgehead atoms. The number of likely N-dealkylation sites (N-methyl/N-ethyl adjacent to an activating group) is 2. The summed E-state index contributed by atoms with van der Waals surface area (Å²) < 4.78 is 8.41. The molecule has 4 aromatic rings. The zero-order valence-electron chi connectivity index (χ0n) is 38.7. The number of benzene rings is 2. The van der Waals surface area contributed by atoms with Crippen molar-refractivity contribution in [3.05, 3.63) is 71.5 Å². The number of ether oxygens (including phenoxy) is 1. The van der Waals surface area contributed by atoms with Gasteiger partial charge in [0, 0.05) is 74.4 Å². The molecular weight excluding hydrogens is 813 g/mol. The van der Waals surface area contributed by atoms with E-state index >= 15 is 0 Å². The fourth-order valence-corrected chi connectivity index (χ4v) is 9.39. The zero-order chi connectivity index (χ0) is 46.2. The van der Waals surface area contributed by atoms with Gasteiger partial charge in [-0.3, -0.25) is 34.0 Å². The SMILES string of the molecule is CCc1ccncc1-c1c2c3cc(ccc3n1CC)-c1cc(O)cc(c1)C[C@H](NC(=O)[C@H](C(C)C)N(C)C(=O)CN(C)C(=O)[C@]1(C)CN1)C(=O)N1CCC[C@H](N1)C(=O)OCC(C)(C)C2. The fourth-order valence-electron chi connectivity index (χ4n) is 9.39. The van der Waals surface area contributed by atoms with Crippen molar-refractivity contribution < 1.29 is 33.8 Å². The van der Waals surface area contributed by atoms with Crippen molar-refractivity contribution in [3.8, 4) is 28.1 Å². The summed E-state index contributed by atoms with van der Waals surface area (Å²) in [7, 11) is 3.09. The Morgan fingerprint density at radius 2 is 1.80 bits per heavy atom. The topological polar surface area (TPSA) is 188 Å². The summed E-state index contributed by atoms with van der Waals surface area (Å²) in [4.78, 5) is 76.7. The van der Waals surface area contributed by atoms with E-state index < -0.39 is 52.8 Å². The molecule has 4 amide bonds. The minimum absolute atomic E-state index is 0.00568. The predicted molar refractivity (Wildman–Crippen MR) is 245 cm³/mol. The highest BCUT2D eigenvalue weighted by molar-refractivity contribution is 5.97. The van der Waals surface area contributed by atoms with Crippen LogP contribution in [0.15, 0.2) is 54.9 Å². The van der Waals surface area contributed by atoms with E-state index in [1.54, 1.807) is 26.1 Å². The Morgan fingerprint density at radius 1 is 1.05 bits per heavy atom. The zero-order valence-corrected chi connectivity index (χ0v) is 38.7. The third-order valence-corrected chi connectivity index (χ3v) is 13.0. The van der Waals surface area contributed by atoms with Crippen LogP contribution in [0.4, 0.5) is 0 Å². The lowest BCUT2D eigenvalue weighted by molar-refractivity contribution is -0.155. The number of hydrogen-bond acceptors (Lipinski definition) is 10. The number of aryl methyl sites for hydroxylation is 2. The summed E-state index contributed by atoms with van der Waals surface area (Å²) in [6.45, 7) is 15.2. The molecule has 4 N–H and O–H groups in total. The average molecular weight is 877 g/mol. The first kappa shape index (κ1) is 46.2. The molecule has 2 aromatic heterocycles. The second-order valence-corrected chi connectivity index (χ2v) is 19.1. The number of nitrogens with zero attached hydrogens (tertiary/aromatic N) is 5. The molecule has 3 aliphatic rings. The molecule has 15 nitrogen and oxygen atoms in total. The number of carbonyl (C=O) groups excluding carboxylic acids is 5. The Morgan fingerprint density at radius 3 is 2.48 bits per heavy atom. The number of amides is 4.